The first-order valence-corrected chi connectivity index (χ1v) is 9.57. The van der Waals surface area contributed by atoms with Crippen molar-refractivity contribution in [3.8, 4) is 5.75 Å². The molecular weight excluding hydrogens is 461 g/mol. The van der Waals surface area contributed by atoms with E-state index in [9.17, 15) is 19.8 Å². The third kappa shape index (κ3) is 5.93. The van der Waals surface area contributed by atoms with Gasteiger partial charge in [0.05, 0.1) is 0 Å². The lowest BCUT2D eigenvalue weighted by molar-refractivity contribution is 0.0652. The van der Waals surface area contributed by atoms with Crippen LogP contribution in [0.4, 0.5) is 10.5 Å². The molecule has 2 aromatic carbocycles. The lowest BCUT2D eigenvalue weighted by Gasteiger charge is -2.25. The van der Waals surface area contributed by atoms with Crippen molar-refractivity contribution >= 4 is 40.2 Å². The first-order chi connectivity index (χ1) is 12.8. The fraction of sp³-hybridized carbons (Fsp3) is 0.300. The maximum atomic E-state index is 12.4. The predicted molar refractivity (Wildman–Crippen MR) is 111 cm³/mol. The minimum atomic E-state index is -0.719. The van der Waals surface area contributed by atoms with Crippen LogP contribution in [0.15, 0.2) is 42.5 Å². The number of carbonyl (C=O) groups excluding carboxylic acids is 2. The molecule has 1 amide bonds. The van der Waals surface area contributed by atoms with E-state index < -0.39 is 12.2 Å². The van der Waals surface area contributed by atoms with Crippen molar-refractivity contribution in [3.05, 3.63) is 57.2 Å². The summed E-state index contributed by atoms with van der Waals surface area (Å²) in [5, 5.41) is 22.1. The topological polar surface area (TPSA) is 95.9 Å². The Labute approximate surface area is 171 Å². The number of carbonyl (C=O) groups is 2. The molecule has 0 fully saturated rings. The molecule has 0 aromatic heterocycles. The Hall–Kier alpha value is -2.13. The van der Waals surface area contributed by atoms with Crippen molar-refractivity contribution in [1.82, 2.24) is 0 Å². The summed E-state index contributed by atoms with van der Waals surface area (Å²) in [7, 11) is 0. The van der Waals surface area contributed by atoms with E-state index in [1.807, 2.05) is 6.92 Å². The van der Waals surface area contributed by atoms with Gasteiger partial charge in [-0.3, -0.25) is 10.1 Å². The Morgan fingerprint density at radius 3 is 2.44 bits per heavy atom. The summed E-state index contributed by atoms with van der Waals surface area (Å²) in [4.78, 5) is 23.7. The molecule has 0 aliphatic carbocycles. The monoisotopic (exact) mass is 483 g/mol. The maximum absolute atomic E-state index is 12.4. The highest BCUT2D eigenvalue weighted by Crippen LogP contribution is 2.35. The van der Waals surface area contributed by atoms with Gasteiger partial charge in [0.15, 0.2) is 5.78 Å². The van der Waals surface area contributed by atoms with Gasteiger partial charge in [0, 0.05) is 27.0 Å². The van der Waals surface area contributed by atoms with E-state index >= 15 is 0 Å². The predicted octanol–water partition coefficient (Wildman–Crippen LogP) is 4.51. The number of ether oxygens (including phenoxy) is 1. The zero-order valence-electron chi connectivity index (χ0n) is 15.1. The molecule has 0 heterocycles. The minimum absolute atomic E-state index is 0.0313. The van der Waals surface area contributed by atoms with Crippen molar-refractivity contribution in [2.24, 2.45) is 5.92 Å². The summed E-state index contributed by atoms with van der Waals surface area (Å²) < 4.78 is 6.47. The van der Waals surface area contributed by atoms with Crippen LogP contribution in [0.3, 0.4) is 0 Å². The molecule has 0 aliphatic heterocycles. The lowest BCUT2D eigenvalue weighted by Crippen LogP contribution is -2.22. The number of aromatic hydroxyl groups is 1. The number of phenolic OH excluding ortho intramolecular Hbond substituents is 1. The van der Waals surface area contributed by atoms with Gasteiger partial charge in [-0.1, -0.05) is 6.92 Å². The smallest absolute Gasteiger partial charge is 0.412 e. The molecule has 0 saturated carbocycles. The van der Waals surface area contributed by atoms with E-state index in [0.717, 1.165) is 3.57 Å². The number of anilines is 1. The molecule has 7 heteroatoms. The number of aliphatic hydroxyl groups is 1. The SMILES string of the molecule is CC(=O)c1ccc(NC(=O)O[C@@H](c2cc(I)ccc2O)[C@@H](C)CCO)cc1. The number of aliphatic hydroxyl groups excluding tert-OH is 1. The Bertz CT molecular complexity index is 807. The van der Waals surface area contributed by atoms with Gasteiger partial charge < -0.3 is 14.9 Å². The van der Waals surface area contributed by atoms with Crippen molar-refractivity contribution in [2.45, 2.75) is 26.4 Å². The number of amides is 1. The molecule has 2 rings (SSSR count). The van der Waals surface area contributed by atoms with Gasteiger partial charge in [-0.15, -0.1) is 0 Å². The van der Waals surface area contributed by atoms with E-state index in [1.165, 1.54) is 6.92 Å². The standard InChI is InChI=1S/C20H22INO5/c1-12(9-10-23)19(17-11-15(21)5-8-18(17)25)27-20(26)22-16-6-3-14(4-7-16)13(2)24/h3-8,11-12,19,23,25H,9-10H2,1-2H3,(H,22,26)/t12-,19+/m0/s1. The van der Waals surface area contributed by atoms with Crippen LogP contribution in [0.25, 0.3) is 0 Å². The van der Waals surface area contributed by atoms with Gasteiger partial charge in [0.2, 0.25) is 0 Å². The van der Waals surface area contributed by atoms with Crippen LogP contribution in [0.1, 0.15) is 42.3 Å². The molecule has 6 nitrogen and oxygen atoms in total. The Kier molecular flexibility index (Phi) is 7.61. The highest BCUT2D eigenvalue weighted by molar-refractivity contribution is 14.1. The van der Waals surface area contributed by atoms with Gasteiger partial charge in [0.25, 0.3) is 0 Å². The molecule has 0 unspecified atom stereocenters. The Morgan fingerprint density at radius 2 is 1.85 bits per heavy atom. The molecule has 3 N–H and O–H groups in total. The molecule has 0 aliphatic rings. The van der Waals surface area contributed by atoms with Crippen molar-refractivity contribution in [1.29, 1.82) is 0 Å². The van der Waals surface area contributed by atoms with Crippen molar-refractivity contribution < 1.29 is 24.5 Å². The van der Waals surface area contributed by atoms with Crippen LogP contribution in [0.5, 0.6) is 5.75 Å². The number of ketones is 1. The lowest BCUT2D eigenvalue weighted by atomic mass is 9.94. The second-order valence-corrected chi connectivity index (χ2v) is 7.52. The van der Waals surface area contributed by atoms with E-state index in [2.05, 4.69) is 27.9 Å². The molecule has 0 bridgehead atoms. The number of halogens is 1. The van der Waals surface area contributed by atoms with Gasteiger partial charge in [-0.25, -0.2) is 4.79 Å². The molecule has 144 valence electrons. The van der Waals surface area contributed by atoms with Crippen LogP contribution in [0.2, 0.25) is 0 Å². The number of rotatable bonds is 7. The molecule has 27 heavy (non-hydrogen) atoms. The first-order valence-electron chi connectivity index (χ1n) is 8.49. The number of Topliss-reactive ketones (excluding diaryl/α,β-unsaturated/α-hetero) is 1. The summed E-state index contributed by atoms with van der Waals surface area (Å²) in [6, 6.07) is 11.5. The van der Waals surface area contributed by atoms with Crippen LogP contribution in [-0.4, -0.2) is 28.7 Å². The first kappa shape index (κ1) is 21.2. The Morgan fingerprint density at radius 1 is 1.19 bits per heavy atom. The highest BCUT2D eigenvalue weighted by Gasteiger charge is 2.26. The molecule has 2 aromatic rings. The Balaban J connectivity index is 2.17. The largest absolute Gasteiger partial charge is 0.508 e. The molecule has 0 radical (unpaired) electrons. The minimum Gasteiger partial charge on any atom is -0.508 e. The van der Waals surface area contributed by atoms with Crippen LogP contribution in [-0.2, 0) is 4.74 Å². The van der Waals surface area contributed by atoms with Crippen LogP contribution >= 0.6 is 22.6 Å². The molecular formula is C20H22INO5. The molecule has 2 atom stereocenters. The normalized spacial score (nSPS) is 12.9. The van der Waals surface area contributed by atoms with E-state index in [0.29, 0.717) is 23.2 Å². The van der Waals surface area contributed by atoms with Crippen molar-refractivity contribution in [2.75, 3.05) is 11.9 Å². The summed E-state index contributed by atoms with van der Waals surface area (Å²) >= 11 is 2.12. The number of hydrogen-bond donors (Lipinski definition) is 3. The quantitative estimate of drug-likeness (QED) is 0.398. The number of phenols is 1. The summed E-state index contributed by atoms with van der Waals surface area (Å²) in [6.45, 7) is 3.26. The van der Waals surface area contributed by atoms with Gasteiger partial charge >= 0.3 is 6.09 Å². The summed E-state index contributed by atoms with van der Waals surface area (Å²) in [5.41, 5.74) is 1.53. The average Bonchev–Trinajstić information content (AvgIpc) is 2.62. The second kappa shape index (κ2) is 9.70. The number of nitrogens with one attached hydrogen (secondary N) is 1. The number of benzene rings is 2. The zero-order valence-corrected chi connectivity index (χ0v) is 17.3. The summed E-state index contributed by atoms with van der Waals surface area (Å²) in [5.74, 6) is -0.232. The second-order valence-electron chi connectivity index (χ2n) is 6.28. The van der Waals surface area contributed by atoms with Crippen LogP contribution < -0.4 is 5.32 Å². The third-order valence-corrected chi connectivity index (χ3v) is 4.84. The summed E-state index contributed by atoms with van der Waals surface area (Å²) in [6.07, 6.45) is -0.988. The molecule has 0 saturated heterocycles. The van der Waals surface area contributed by atoms with Crippen LogP contribution in [0, 0.1) is 9.49 Å². The van der Waals surface area contributed by atoms with Gasteiger partial charge in [0.1, 0.15) is 11.9 Å². The highest BCUT2D eigenvalue weighted by atomic mass is 127. The van der Waals surface area contributed by atoms with Gasteiger partial charge in [-0.05, 0) is 84.3 Å². The van der Waals surface area contributed by atoms with Gasteiger partial charge in [-0.2, -0.15) is 0 Å². The van der Waals surface area contributed by atoms with E-state index in [-0.39, 0.29) is 24.1 Å². The maximum Gasteiger partial charge on any atom is 0.412 e. The fourth-order valence-corrected chi connectivity index (χ4v) is 3.16. The average molecular weight is 483 g/mol. The zero-order chi connectivity index (χ0) is 20.0. The van der Waals surface area contributed by atoms with E-state index in [4.69, 9.17) is 4.74 Å². The molecule has 0 spiro atoms. The number of hydrogen-bond acceptors (Lipinski definition) is 5. The van der Waals surface area contributed by atoms with E-state index in [1.54, 1.807) is 42.5 Å². The van der Waals surface area contributed by atoms with Crippen molar-refractivity contribution in [3.63, 3.8) is 0 Å². The third-order valence-electron chi connectivity index (χ3n) is 4.17. The fourth-order valence-electron chi connectivity index (χ4n) is 2.65.